The summed E-state index contributed by atoms with van der Waals surface area (Å²) in [6, 6.07) is 0. The Labute approximate surface area is 118 Å². The number of halogens is 2. The van der Waals surface area contributed by atoms with Crippen LogP contribution in [-0.2, 0) is 0 Å². The van der Waals surface area contributed by atoms with Gasteiger partial charge in [-0.3, -0.25) is 0 Å². The van der Waals surface area contributed by atoms with Crippen molar-refractivity contribution in [2.75, 3.05) is 26.2 Å². The molecule has 0 aliphatic carbocycles. The Bertz CT molecular complexity index is 161. The van der Waals surface area contributed by atoms with E-state index < -0.39 is 0 Å². The number of hydrogen-bond donors (Lipinski definition) is 0. The first-order chi connectivity index (χ1) is 8.10. The number of rotatable bonds is 10. The molecular formula is C11H26B2Cl2N2. The predicted molar refractivity (Wildman–Crippen MR) is 83.3 cm³/mol. The molecular weight excluding hydrogens is 253 g/mol. The molecule has 0 aliphatic heterocycles. The van der Waals surface area contributed by atoms with Crippen LogP contribution in [0, 0.1) is 0 Å². The van der Waals surface area contributed by atoms with Crippen LogP contribution < -0.4 is 0 Å². The molecule has 0 aromatic carbocycles. The second kappa shape index (κ2) is 10.5. The summed E-state index contributed by atoms with van der Waals surface area (Å²) in [7, 11) is 0. The van der Waals surface area contributed by atoms with E-state index in [0.29, 0.717) is 0 Å². The minimum atomic E-state index is 0.158. The molecule has 0 fully saturated rings. The zero-order chi connectivity index (χ0) is 13.3. The fourth-order valence-electron chi connectivity index (χ4n) is 2.06. The number of nitrogens with zero attached hydrogens (tertiary/aromatic N) is 2. The smallest absolute Gasteiger partial charge is 0.329 e. The van der Waals surface area contributed by atoms with E-state index in [1.54, 1.807) is 0 Å². The lowest BCUT2D eigenvalue weighted by atomic mass is 9.74. The molecule has 0 atom stereocenters. The molecule has 100 valence electrons. The van der Waals surface area contributed by atoms with Gasteiger partial charge in [-0.2, -0.15) is 22.9 Å². The maximum Gasteiger partial charge on any atom is 0.331 e. The number of hydrogen-bond acceptors (Lipinski definition) is 2. The van der Waals surface area contributed by atoms with E-state index in [2.05, 4.69) is 37.3 Å². The first-order valence-electron chi connectivity index (χ1n) is 6.86. The van der Waals surface area contributed by atoms with Crippen LogP contribution in [0.15, 0.2) is 0 Å². The first-order valence-corrected chi connectivity index (χ1v) is 7.74. The summed E-state index contributed by atoms with van der Waals surface area (Å²) >= 11 is 12.7. The lowest BCUT2D eigenvalue weighted by Crippen LogP contribution is -2.36. The molecule has 0 saturated carbocycles. The topological polar surface area (TPSA) is 6.48 Å². The minimum absolute atomic E-state index is 0.158. The van der Waals surface area contributed by atoms with Crippen molar-refractivity contribution in [1.82, 2.24) is 9.62 Å². The summed E-state index contributed by atoms with van der Waals surface area (Å²) in [6.07, 6.45) is 3.45. The fourth-order valence-corrected chi connectivity index (χ4v) is 2.92. The van der Waals surface area contributed by atoms with Crippen molar-refractivity contribution < 1.29 is 0 Å². The zero-order valence-corrected chi connectivity index (χ0v) is 13.3. The van der Waals surface area contributed by atoms with Crippen LogP contribution in [0.2, 0.25) is 12.6 Å². The van der Waals surface area contributed by atoms with Crippen LogP contribution in [-0.4, -0.2) is 48.3 Å². The van der Waals surface area contributed by atoms with Crippen molar-refractivity contribution in [3.05, 3.63) is 0 Å². The van der Waals surface area contributed by atoms with Gasteiger partial charge in [-0.25, -0.2) is 0 Å². The van der Waals surface area contributed by atoms with Gasteiger partial charge in [0.05, 0.1) is 0 Å². The average Bonchev–Trinajstić information content (AvgIpc) is 2.32. The summed E-state index contributed by atoms with van der Waals surface area (Å²) in [4.78, 5) is 4.56. The van der Waals surface area contributed by atoms with E-state index in [1.165, 1.54) is 0 Å². The summed E-state index contributed by atoms with van der Waals surface area (Å²) in [6.45, 7) is 12.7. The monoisotopic (exact) mass is 278 g/mol. The van der Waals surface area contributed by atoms with E-state index in [4.69, 9.17) is 22.9 Å². The highest BCUT2D eigenvalue weighted by Gasteiger charge is 2.21. The van der Waals surface area contributed by atoms with Crippen molar-refractivity contribution in [2.24, 2.45) is 0 Å². The van der Waals surface area contributed by atoms with Crippen molar-refractivity contribution in [1.29, 1.82) is 0 Å². The van der Waals surface area contributed by atoms with Crippen LogP contribution >= 0.6 is 22.9 Å². The Morgan fingerprint density at radius 3 is 1.24 bits per heavy atom. The maximum absolute atomic E-state index is 6.35. The second-order valence-corrected chi connectivity index (χ2v) is 5.25. The van der Waals surface area contributed by atoms with Gasteiger partial charge in [-0.15, -0.1) is 0 Å². The zero-order valence-electron chi connectivity index (χ0n) is 11.8. The van der Waals surface area contributed by atoms with E-state index in [-0.39, 0.29) is 12.5 Å². The summed E-state index contributed by atoms with van der Waals surface area (Å²) < 4.78 is 0. The molecule has 0 rings (SSSR count). The molecule has 0 heterocycles. The Morgan fingerprint density at radius 1 is 0.706 bits per heavy atom. The van der Waals surface area contributed by atoms with Crippen LogP contribution in [0.4, 0.5) is 0 Å². The lowest BCUT2D eigenvalue weighted by Gasteiger charge is -2.23. The molecule has 0 saturated heterocycles. The SMILES string of the molecule is CCN(CC)B(Cl)CCCB(Cl)N(CC)CC. The molecule has 6 heteroatoms. The quantitative estimate of drug-likeness (QED) is 0.564. The molecule has 0 amide bonds. The molecule has 0 spiro atoms. The standard InChI is InChI=1S/C11H26B2Cl2N2/c1-5-16(6-2)12(14)10-9-11-13(15)17(7-3)8-4/h5-11H2,1-4H3. The Morgan fingerprint density at radius 2 is 1.00 bits per heavy atom. The molecule has 17 heavy (non-hydrogen) atoms. The minimum Gasteiger partial charge on any atom is -0.329 e. The summed E-state index contributed by atoms with van der Waals surface area (Å²) in [5.41, 5.74) is 0. The van der Waals surface area contributed by atoms with Gasteiger partial charge in [0, 0.05) is 0 Å². The molecule has 2 nitrogen and oxygen atoms in total. The van der Waals surface area contributed by atoms with Crippen molar-refractivity contribution in [2.45, 2.75) is 46.8 Å². The van der Waals surface area contributed by atoms with E-state index >= 15 is 0 Å². The third-order valence-electron chi connectivity index (χ3n) is 3.30. The van der Waals surface area contributed by atoms with E-state index in [9.17, 15) is 0 Å². The normalized spacial score (nSPS) is 11.3. The molecule has 0 unspecified atom stereocenters. The molecule has 0 aromatic rings. The highest BCUT2D eigenvalue weighted by atomic mass is 35.5. The van der Waals surface area contributed by atoms with Gasteiger partial charge in [-0.05, 0) is 38.8 Å². The van der Waals surface area contributed by atoms with E-state index in [0.717, 1.165) is 45.2 Å². The highest BCUT2D eigenvalue weighted by Crippen LogP contribution is 2.15. The first kappa shape index (κ1) is 17.6. The van der Waals surface area contributed by atoms with Crippen molar-refractivity contribution in [3.8, 4) is 0 Å². The Hall–Kier alpha value is 0.630. The van der Waals surface area contributed by atoms with Crippen LogP contribution in [0.5, 0.6) is 0 Å². The molecule has 0 bridgehead atoms. The molecule has 0 N–H and O–H groups in total. The molecule has 0 aromatic heterocycles. The van der Waals surface area contributed by atoms with Crippen LogP contribution in [0.3, 0.4) is 0 Å². The Kier molecular flexibility index (Phi) is 10.9. The third kappa shape index (κ3) is 6.95. The van der Waals surface area contributed by atoms with Gasteiger partial charge in [0.25, 0.3) is 0 Å². The third-order valence-corrected chi connectivity index (χ3v) is 4.29. The van der Waals surface area contributed by atoms with Gasteiger partial charge in [0.2, 0.25) is 0 Å². The van der Waals surface area contributed by atoms with E-state index in [1.807, 2.05) is 0 Å². The summed E-state index contributed by atoms with van der Waals surface area (Å²) in [5.74, 6) is 0. The van der Waals surface area contributed by atoms with Gasteiger partial charge in [0.15, 0.2) is 0 Å². The second-order valence-electron chi connectivity index (χ2n) is 4.24. The highest BCUT2D eigenvalue weighted by molar-refractivity contribution is 7.06. The molecule has 0 aliphatic rings. The van der Waals surface area contributed by atoms with Crippen LogP contribution in [0.1, 0.15) is 34.1 Å². The van der Waals surface area contributed by atoms with Gasteiger partial charge in [-0.1, -0.05) is 34.1 Å². The average molecular weight is 279 g/mol. The largest absolute Gasteiger partial charge is 0.331 e. The summed E-state index contributed by atoms with van der Waals surface area (Å²) in [5, 5.41) is 0. The fraction of sp³-hybridized carbons (Fsp3) is 1.00. The van der Waals surface area contributed by atoms with Gasteiger partial charge in [0.1, 0.15) is 0 Å². The maximum atomic E-state index is 6.35. The van der Waals surface area contributed by atoms with Gasteiger partial charge < -0.3 is 9.62 Å². The van der Waals surface area contributed by atoms with Crippen molar-refractivity contribution in [3.63, 3.8) is 0 Å². The Balaban J connectivity index is 3.82. The van der Waals surface area contributed by atoms with Crippen LogP contribution in [0.25, 0.3) is 0 Å². The van der Waals surface area contributed by atoms with Gasteiger partial charge >= 0.3 is 12.5 Å². The molecule has 0 radical (unpaired) electrons. The predicted octanol–water partition coefficient (Wildman–Crippen LogP) is 3.51. The van der Waals surface area contributed by atoms with Crippen molar-refractivity contribution >= 4 is 35.4 Å². The lowest BCUT2D eigenvalue weighted by molar-refractivity contribution is 0.481.